The maximum Gasteiger partial charge on any atom is 0.416 e. The van der Waals surface area contributed by atoms with Crippen LogP contribution in [-0.4, -0.2) is 23.0 Å². The van der Waals surface area contributed by atoms with Crippen LogP contribution in [-0.2, 0) is 23.6 Å². The van der Waals surface area contributed by atoms with Crippen molar-refractivity contribution in [3.8, 4) is 22.6 Å². The Hall–Kier alpha value is -4.80. The number of carboxylic acids is 1. The highest BCUT2D eigenvalue weighted by molar-refractivity contribution is 5.96. The van der Waals surface area contributed by atoms with Crippen LogP contribution >= 0.6 is 0 Å². The fourth-order valence-electron chi connectivity index (χ4n) is 3.88. The van der Waals surface area contributed by atoms with Gasteiger partial charge < -0.3 is 15.2 Å². The zero-order chi connectivity index (χ0) is 29.8. The quantitative estimate of drug-likeness (QED) is 0.213. The number of rotatable bonds is 8. The first-order valence-corrected chi connectivity index (χ1v) is 12.0. The molecular weight excluding hydrogens is 552 g/mol. The van der Waals surface area contributed by atoms with E-state index in [9.17, 15) is 41.0 Å². The summed E-state index contributed by atoms with van der Waals surface area (Å²) in [5.41, 5.74) is 0.317. The molecule has 0 aromatic heterocycles. The zero-order valence-electron chi connectivity index (χ0n) is 21.0. The topological polar surface area (TPSA) is 75.6 Å². The van der Waals surface area contributed by atoms with Crippen LogP contribution in [0.4, 0.5) is 26.3 Å². The lowest BCUT2D eigenvalue weighted by Crippen LogP contribution is -2.42. The molecule has 0 fully saturated rings. The zero-order valence-corrected chi connectivity index (χ0v) is 21.0. The summed E-state index contributed by atoms with van der Waals surface area (Å²) in [7, 11) is 0. The van der Waals surface area contributed by atoms with E-state index in [1.165, 1.54) is 36.4 Å². The number of hydrogen-bond acceptors (Lipinski definition) is 3. The Labute approximate surface area is 230 Å². The Morgan fingerprint density at radius 2 is 1.07 bits per heavy atom. The van der Waals surface area contributed by atoms with E-state index in [1.54, 1.807) is 24.3 Å². The first kappa shape index (κ1) is 29.2. The smallest absolute Gasteiger partial charge is 0.416 e. The van der Waals surface area contributed by atoms with Crippen molar-refractivity contribution >= 4 is 11.9 Å². The average Bonchev–Trinajstić information content (AvgIpc) is 2.93. The first-order chi connectivity index (χ1) is 19.3. The minimum absolute atomic E-state index is 0.0521. The van der Waals surface area contributed by atoms with Gasteiger partial charge in [-0.2, -0.15) is 26.3 Å². The highest BCUT2D eigenvalue weighted by Gasteiger charge is 2.31. The van der Waals surface area contributed by atoms with Gasteiger partial charge >= 0.3 is 18.3 Å². The average molecular weight is 573 g/mol. The van der Waals surface area contributed by atoms with E-state index < -0.39 is 41.4 Å². The van der Waals surface area contributed by atoms with Gasteiger partial charge in [-0.1, -0.05) is 36.4 Å². The molecule has 41 heavy (non-hydrogen) atoms. The molecule has 212 valence electrons. The second kappa shape index (κ2) is 11.7. The van der Waals surface area contributed by atoms with Crippen LogP contribution in [0.3, 0.4) is 0 Å². The predicted molar refractivity (Wildman–Crippen MR) is 137 cm³/mol. The van der Waals surface area contributed by atoms with Crippen LogP contribution in [0, 0.1) is 0 Å². The van der Waals surface area contributed by atoms with Crippen molar-refractivity contribution in [3.05, 3.63) is 119 Å². The van der Waals surface area contributed by atoms with Crippen molar-refractivity contribution in [3.63, 3.8) is 0 Å². The van der Waals surface area contributed by atoms with E-state index in [0.29, 0.717) is 16.7 Å². The number of carbonyl (C=O) groups excluding carboxylic acids is 1. The molecule has 5 nitrogen and oxygen atoms in total. The Balaban J connectivity index is 1.37. The number of halogens is 6. The van der Waals surface area contributed by atoms with Gasteiger partial charge in [0.15, 0.2) is 0 Å². The summed E-state index contributed by atoms with van der Waals surface area (Å²) in [6.07, 6.45) is -8.96. The molecule has 4 aromatic rings. The Bertz CT molecular complexity index is 1500. The maximum atomic E-state index is 12.8. The lowest BCUT2D eigenvalue weighted by molar-refractivity contribution is -0.139. The van der Waals surface area contributed by atoms with Gasteiger partial charge in [0, 0.05) is 12.0 Å². The molecule has 1 unspecified atom stereocenters. The summed E-state index contributed by atoms with van der Waals surface area (Å²) in [5, 5.41) is 12.1. The lowest BCUT2D eigenvalue weighted by Gasteiger charge is -2.15. The van der Waals surface area contributed by atoms with Crippen LogP contribution < -0.4 is 10.1 Å². The number of aliphatic carboxylic acids is 1. The van der Waals surface area contributed by atoms with Crippen LogP contribution in [0.1, 0.15) is 27.0 Å². The lowest BCUT2D eigenvalue weighted by atomic mass is 9.99. The van der Waals surface area contributed by atoms with Crippen molar-refractivity contribution in [1.82, 2.24) is 5.32 Å². The molecule has 4 aromatic carbocycles. The fourth-order valence-corrected chi connectivity index (χ4v) is 3.88. The summed E-state index contributed by atoms with van der Waals surface area (Å²) in [6, 6.07) is 19.6. The fraction of sp³-hybridized carbons (Fsp3) is 0.133. The number of benzene rings is 4. The molecule has 0 bridgehead atoms. The van der Waals surface area contributed by atoms with Crippen LogP contribution in [0.5, 0.6) is 11.5 Å². The Morgan fingerprint density at radius 1 is 0.659 bits per heavy atom. The number of nitrogens with one attached hydrogen (secondary N) is 1. The normalized spacial score (nSPS) is 12.4. The van der Waals surface area contributed by atoms with E-state index >= 15 is 0 Å². The van der Waals surface area contributed by atoms with Gasteiger partial charge in [0.1, 0.15) is 17.5 Å². The molecule has 0 aliphatic heterocycles. The minimum Gasteiger partial charge on any atom is -0.480 e. The van der Waals surface area contributed by atoms with E-state index in [-0.39, 0.29) is 23.5 Å². The largest absolute Gasteiger partial charge is 0.480 e. The van der Waals surface area contributed by atoms with Gasteiger partial charge in [-0.15, -0.1) is 0 Å². The van der Waals surface area contributed by atoms with Crippen molar-refractivity contribution < 1.29 is 45.8 Å². The van der Waals surface area contributed by atoms with Crippen LogP contribution in [0.25, 0.3) is 11.1 Å². The third-order valence-electron chi connectivity index (χ3n) is 6.08. The maximum absolute atomic E-state index is 12.8. The number of carboxylic acid groups (broad SMARTS) is 1. The molecule has 1 atom stereocenters. The molecule has 0 radical (unpaired) electrons. The number of hydrogen-bond donors (Lipinski definition) is 2. The third kappa shape index (κ3) is 7.65. The van der Waals surface area contributed by atoms with E-state index in [0.717, 1.165) is 36.4 Å². The molecule has 0 aliphatic rings. The molecule has 0 saturated heterocycles. The molecule has 0 spiro atoms. The van der Waals surface area contributed by atoms with E-state index in [2.05, 4.69) is 5.32 Å². The molecule has 1 amide bonds. The monoisotopic (exact) mass is 573 g/mol. The third-order valence-corrected chi connectivity index (χ3v) is 6.08. The second-order valence-corrected chi connectivity index (χ2v) is 8.99. The van der Waals surface area contributed by atoms with Crippen molar-refractivity contribution in [2.24, 2.45) is 0 Å². The highest BCUT2D eigenvalue weighted by atomic mass is 19.4. The SMILES string of the molecule is O=C(NC(Cc1ccc(-c2ccc(C(F)(F)F)cc2)cc1)C(=O)O)c1ccc(Oc2ccc(C(F)(F)F)cc2)cc1. The molecule has 11 heteroatoms. The van der Waals surface area contributed by atoms with Gasteiger partial charge in [0.05, 0.1) is 11.1 Å². The van der Waals surface area contributed by atoms with Gasteiger partial charge in [0.25, 0.3) is 5.91 Å². The number of alkyl halides is 6. The van der Waals surface area contributed by atoms with E-state index in [1.807, 2.05) is 0 Å². The molecule has 0 heterocycles. The standard InChI is InChI=1S/C30H21F6NO4/c31-29(32,33)22-9-5-20(6-10-22)19-3-1-18(2-4-19)17-26(28(39)40)37-27(38)21-7-13-24(14-8-21)41-25-15-11-23(12-16-25)30(34,35)36/h1-16,26H,17H2,(H,37,38)(H,39,40). The van der Waals surface area contributed by atoms with Gasteiger partial charge in [-0.3, -0.25) is 4.79 Å². The summed E-state index contributed by atoms with van der Waals surface area (Å²) in [4.78, 5) is 24.5. The Kier molecular flexibility index (Phi) is 8.36. The van der Waals surface area contributed by atoms with Crippen molar-refractivity contribution in [2.45, 2.75) is 24.8 Å². The molecule has 0 saturated carbocycles. The van der Waals surface area contributed by atoms with Crippen LogP contribution in [0.2, 0.25) is 0 Å². The minimum atomic E-state index is -4.47. The molecular formula is C30H21F6NO4. The van der Waals surface area contributed by atoms with Crippen molar-refractivity contribution in [1.29, 1.82) is 0 Å². The molecule has 2 N–H and O–H groups in total. The number of carbonyl (C=O) groups is 2. The Morgan fingerprint density at radius 3 is 1.51 bits per heavy atom. The summed E-state index contributed by atoms with van der Waals surface area (Å²) in [6.45, 7) is 0. The van der Waals surface area contributed by atoms with E-state index in [4.69, 9.17) is 4.74 Å². The van der Waals surface area contributed by atoms with Crippen molar-refractivity contribution in [2.75, 3.05) is 0 Å². The number of amides is 1. The number of ether oxygens (including phenoxy) is 1. The summed E-state index contributed by atoms with van der Waals surface area (Å²) >= 11 is 0. The first-order valence-electron chi connectivity index (χ1n) is 12.0. The summed E-state index contributed by atoms with van der Waals surface area (Å²) in [5.74, 6) is -1.53. The van der Waals surface area contributed by atoms with Gasteiger partial charge in [-0.05, 0) is 77.4 Å². The second-order valence-electron chi connectivity index (χ2n) is 8.99. The molecule has 4 rings (SSSR count). The molecule has 0 aliphatic carbocycles. The summed E-state index contributed by atoms with van der Waals surface area (Å²) < 4.78 is 82.0. The predicted octanol–water partition coefficient (Wildman–Crippen LogP) is 7.61. The van der Waals surface area contributed by atoms with Crippen LogP contribution in [0.15, 0.2) is 97.1 Å². The highest BCUT2D eigenvalue weighted by Crippen LogP contribution is 2.32. The van der Waals surface area contributed by atoms with Gasteiger partial charge in [0.2, 0.25) is 0 Å². The van der Waals surface area contributed by atoms with Gasteiger partial charge in [-0.25, -0.2) is 4.79 Å².